The lowest BCUT2D eigenvalue weighted by Gasteiger charge is -2.31. The third kappa shape index (κ3) is 4.56. The second-order valence-electron chi connectivity index (χ2n) is 13.6. The zero-order valence-electron chi connectivity index (χ0n) is 26.9. The number of aliphatic hydroxyl groups excluding tert-OH is 1. The highest BCUT2D eigenvalue weighted by Crippen LogP contribution is 2.59. The number of halogens is 1. The number of amides is 2. The van der Waals surface area contributed by atoms with E-state index in [9.17, 15) is 14.7 Å². The normalized spacial score (nSPS) is 23.7. The summed E-state index contributed by atoms with van der Waals surface area (Å²) in [4.78, 5) is 29.4. The lowest BCUT2D eigenvalue weighted by Crippen LogP contribution is -2.42. The molecule has 0 radical (unpaired) electrons. The summed E-state index contributed by atoms with van der Waals surface area (Å²) in [6.07, 6.45) is 1.66. The van der Waals surface area contributed by atoms with Crippen molar-refractivity contribution in [3.63, 3.8) is 0 Å². The molecule has 0 saturated carbocycles. The molecule has 5 aromatic rings. The molecule has 244 valence electrons. The van der Waals surface area contributed by atoms with E-state index in [4.69, 9.17) is 4.74 Å². The van der Waals surface area contributed by atoms with Gasteiger partial charge in [-0.2, -0.15) is 0 Å². The minimum atomic E-state index is -3.37. The Hall–Kier alpha value is -4.71. The minimum Gasteiger partial charge on any atom is -0.395 e. The van der Waals surface area contributed by atoms with Gasteiger partial charge in [-0.05, 0) is 60.8 Å². The van der Waals surface area contributed by atoms with E-state index in [1.54, 1.807) is 22.7 Å². The first-order chi connectivity index (χ1) is 23.1. The Morgan fingerprint density at radius 2 is 1.81 bits per heavy atom. The summed E-state index contributed by atoms with van der Waals surface area (Å²) in [5.74, 6) is -1.23. The predicted octanol–water partition coefficient (Wildman–Crippen LogP) is 6.66. The summed E-state index contributed by atoms with van der Waals surface area (Å²) >= 11 is 0. The smallest absolute Gasteiger partial charge is 0.263 e. The second kappa shape index (κ2) is 11.2. The second-order valence-corrected chi connectivity index (χ2v) is 17.4. The van der Waals surface area contributed by atoms with E-state index in [0.29, 0.717) is 41.2 Å². The van der Waals surface area contributed by atoms with Crippen LogP contribution in [0.4, 0.5) is 21.2 Å². The number of carbonyl (C=O) groups is 2. The van der Waals surface area contributed by atoms with E-state index >= 15 is 4.11 Å². The molecule has 1 spiro atoms. The Bertz CT molecular complexity index is 2080. The quantitative estimate of drug-likeness (QED) is 0.142. The number of nitrogens with zero attached hydrogens (tertiary/aromatic N) is 4. The van der Waals surface area contributed by atoms with Crippen molar-refractivity contribution < 1.29 is 23.5 Å². The molecule has 11 heteroatoms. The number of benzene rings is 4. The van der Waals surface area contributed by atoms with Crippen LogP contribution < -0.4 is 10.2 Å². The topological polar surface area (TPSA) is 110 Å². The van der Waals surface area contributed by atoms with Gasteiger partial charge in [0.05, 0.1) is 35.6 Å². The van der Waals surface area contributed by atoms with E-state index in [1.807, 2.05) is 98.0 Å². The van der Waals surface area contributed by atoms with Crippen LogP contribution in [0.2, 0.25) is 18.6 Å². The van der Waals surface area contributed by atoms with Crippen molar-refractivity contribution in [3.8, 4) is 0 Å². The summed E-state index contributed by atoms with van der Waals surface area (Å²) in [7, 11) is -3.37. The maximum Gasteiger partial charge on any atom is 0.263 e. The van der Waals surface area contributed by atoms with Crippen molar-refractivity contribution in [3.05, 3.63) is 114 Å². The van der Waals surface area contributed by atoms with Crippen LogP contribution in [0.5, 0.6) is 0 Å². The van der Waals surface area contributed by atoms with Crippen LogP contribution >= 0.6 is 0 Å². The van der Waals surface area contributed by atoms with Crippen molar-refractivity contribution in [2.24, 2.45) is 5.92 Å². The molecule has 4 heterocycles. The number of rotatable bonds is 8. The van der Waals surface area contributed by atoms with Crippen molar-refractivity contribution in [1.82, 2.24) is 15.0 Å². The van der Waals surface area contributed by atoms with Crippen LogP contribution in [-0.4, -0.2) is 53.0 Å². The molecule has 9 nitrogen and oxygen atoms in total. The van der Waals surface area contributed by atoms with Gasteiger partial charge in [0, 0.05) is 46.5 Å². The standard InChI is InChI=1S/C37H36FN5O4Si/c1-22-34(48(2,3)38)32(17-18-42-20-30(40-41-42)27(21-44)23-9-5-4-6-10-23)47-37(22)28-19-25(15-16-29(28)39-36(37)46)43-31-14-8-12-24-11-7-13-26(33(24)31)35(43)45/h4-16,19-20,22,27,32,34,44H,17-18,21H2,1-3H3,(H,39,46)/t22-,27?,32+,34-,37+/m0/s1. The summed E-state index contributed by atoms with van der Waals surface area (Å²) in [6.45, 7) is 5.55. The number of anilines is 3. The van der Waals surface area contributed by atoms with Gasteiger partial charge in [0.1, 0.15) is 0 Å². The van der Waals surface area contributed by atoms with Crippen LogP contribution in [-0.2, 0) is 21.7 Å². The molecule has 4 aromatic carbocycles. The molecule has 3 aliphatic rings. The van der Waals surface area contributed by atoms with Crippen molar-refractivity contribution in [1.29, 1.82) is 0 Å². The van der Waals surface area contributed by atoms with Crippen LogP contribution in [0.1, 0.15) is 46.4 Å². The lowest BCUT2D eigenvalue weighted by atomic mass is 9.82. The largest absolute Gasteiger partial charge is 0.395 e. The average molecular weight is 662 g/mol. The monoisotopic (exact) mass is 661 g/mol. The van der Waals surface area contributed by atoms with Gasteiger partial charge in [-0.1, -0.05) is 66.7 Å². The summed E-state index contributed by atoms with van der Waals surface area (Å²) in [5.41, 5.74) is 2.95. The summed E-state index contributed by atoms with van der Waals surface area (Å²) in [5, 5.41) is 23.7. The first kappa shape index (κ1) is 30.6. The fraction of sp³-hybridized carbons (Fsp3) is 0.297. The number of nitrogens with one attached hydrogen (secondary N) is 1. The van der Waals surface area contributed by atoms with E-state index < -0.39 is 31.6 Å². The van der Waals surface area contributed by atoms with Gasteiger partial charge in [0.25, 0.3) is 11.8 Å². The Morgan fingerprint density at radius 3 is 2.56 bits per heavy atom. The number of aromatic nitrogens is 3. The van der Waals surface area contributed by atoms with Crippen molar-refractivity contribution >= 4 is 48.1 Å². The van der Waals surface area contributed by atoms with E-state index in [0.717, 1.165) is 22.0 Å². The molecule has 1 aromatic heterocycles. The van der Waals surface area contributed by atoms with Crippen LogP contribution in [0, 0.1) is 5.92 Å². The first-order valence-corrected chi connectivity index (χ1v) is 19.3. The zero-order chi connectivity index (χ0) is 33.4. The molecule has 3 aliphatic heterocycles. The lowest BCUT2D eigenvalue weighted by molar-refractivity contribution is -0.143. The number of ether oxygens (including phenoxy) is 1. The van der Waals surface area contributed by atoms with E-state index in [2.05, 4.69) is 15.6 Å². The minimum absolute atomic E-state index is 0.112. The average Bonchev–Trinajstić information content (AvgIpc) is 3.81. The van der Waals surface area contributed by atoms with Gasteiger partial charge in [0.2, 0.25) is 8.41 Å². The van der Waals surface area contributed by atoms with Gasteiger partial charge in [0.15, 0.2) is 5.60 Å². The summed E-state index contributed by atoms with van der Waals surface area (Å²) < 4.78 is 24.8. The third-order valence-electron chi connectivity index (χ3n) is 10.5. The van der Waals surface area contributed by atoms with Crippen LogP contribution in [0.3, 0.4) is 0 Å². The maximum absolute atomic E-state index is 16.3. The van der Waals surface area contributed by atoms with Crippen LogP contribution in [0.25, 0.3) is 10.8 Å². The fourth-order valence-corrected chi connectivity index (χ4v) is 10.9. The Kier molecular flexibility index (Phi) is 7.13. The first-order valence-electron chi connectivity index (χ1n) is 16.4. The third-order valence-corrected chi connectivity index (χ3v) is 12.9. The van der Waals surface area contributed by atoms with E-state index in [1.165, 1.54) is 0 Å². The van der Waals surface area contributed by atoms with Gasteiger partial charge in [-0.15, -0.1) is 5.10 Å². The zero-order valence-corrected chi connectivity index (χ0v) is 27.9. The molecule has 5 atom stereocenters. The molecule has 1 unspecified atom stereocenters. The Labute approximate surface area is 278 Å². The summed E-state index contributed by atoms with van der Waals surface area (Å²) in [6, 6.07) is 26.7. The number of aryl methyl sites for hydroxylation is 1. The van der Waals surface area contributed by atoms with Crippen LogP contribution in [0.15, 0.2) is 91.1 Å². The molecule has 2 amide bonds. The molecule has 0 bridgehead atoms. The molecule has 0 aliphatic carbocycles. The molecule has 48 heavy (non-hydrogen) atoms. The Morgan fingerprint density at radius 1 is 1.04 bits per heavy atom. The van der Waals surface area contributed by atoms with Gasteiger partial charge >= 0.3 is 0 Å². The highest BCUT2D eigenvalue weighted by Gasteiger charge is 2.65. The number of hydrogen-bond donors (Lipinski definition) is 2. The van der Waals surface area contributed by atoms with E-state index in [-0.39, 0.29) is 24.3 Å². The molecule has 2 N–H and O–H groups in total. The highest BCUT2D eigenvalue weighted by molar-refractivity contribution is 6.72. The predicted molar refractivity (Wildman–Crippen MR) is 184 cm³/mol. The molecule has 1 saturated heterocycles. The fourth-order valence-electron chi connectivity index (χ4n) is 8.33. The Balaban J connectivity index is 1.11. The van der Waals surface area contributed by atoms with Crippen molar-refractivity contribution in [2.45, 2.75) is 56.1 Å². The molecular weight excluding hydrogens is 626 g/mol. The number of fused-ring (bicyclic) bond motifs is 2. The van der Waals surface area contributed by atoms with Gasteiger partial charge in [-0.25, -0.2) is 0 Å². The highest BCUT2D eigenvalue weighted by atomic mass is 28.4. The number of carbonyl (C=O) groups excluding carboxylic acids is 2. The van der Waals surface area contributed by atoms with Gasteiger partial charge in [-0.3, -0.25) is 19.2 Å². The number of aliphatic hydroxyl groups is 1. The number of hydrogen-bond acceptors (Lipinski definition) is 6. The molecule has 1 fully saturated rings. The maximum atomic E-state index is 16.3. The molecule has 8 rings (SSSR count). The molecular formula is C37H36FN5O4Si. The SMILES string of the molecule is C[C@H]1[C@H]([Si](C)(C)F)[C@@H](CCn2cc(C(CO)c3ccccc3)nn2)O[C@]12C(=O)Nc1ccc(N3C(=O)c4cccc5cccc3c45)cc12. The van der Waals surface area contributed by atoms with Crippen molar-refractivity contribution in [2.75, 3.05) is 16.8 Å². The van der Waals surface area contributed by atoms with Gasteiger partial charge < -0.3 is 19.3 Å².